The molecule has 0 radical (unpaired) electrons. The van der Waals surface area contributed by atoms with Crippen molar-refractivity contribution in [3.05, 3.63) is 0 Å². The first-order valence-corrected chi connectivity index (χ1v) is 10.5. The molecule has 5 atom stereocenters. The highest BCUT2D eigenvalue weighted by atomic mass is 16.4. The summed E-state index contributed by atoms with van der Waals surface area (Å²) in [5, 5.41) is 13.2. The third-order valence-corrected chi connectivity index (χ3v) is 6.38. The largest absolute Gasteiger partial charge is 0.481 e. The van der Waals surface area contributed by atoms with Gasteiger partial charge in [0, 0.05) is 18.1 Å². The molecule has 0 aliphatic carbocycles. The Morgan fingerprint density at radius 2 is 1.92 bits per heavy atom. The van der Waals surface area contributed by atoms with E-state index in [1.807, 2.05) is 6.92 Å². The van der Waals surface area contributed by atoms with Crippen LogP contribution in [0.2, 0.25) is 0 Å². The van der Waals surface area contributed by atoms with Gasteiger partial charge >= 0.3 is 5.97 Å². The summed E-state index contributed by atoms with van der Waals surface area (Å²) in [7, 11) is 0. The van der Waals surface area contributed by atoms with Crippen molar-refractivity contribution in [3.63, 3.8) is 0 Å². The minimum absolute atomic E-state index is 0.127. The first kappa shape index (κ1) is 18.5. The number of guanidine groups is 1. The number of carboxylic acid groups (broad SMARTS) is 1. The number of aliphatic imine (C=N–C) groups is 1. The minimum Gasteiger partial charge on any atom is -0.481 e. The summed E-state index contributed by atoms with van der Waals surface area (Å²) >= 11 is 0. The Hall–Kier alpha value is -1.26. The number of hydrogen-bond acceptors (Lipinski definition) is 4. The molecule has 0 spiro atoms. The molecule has 0 aromatic rings. The summed E-state index contributed by atoms with van der Waals surface area (Å²) in [6.07, 6.45) is 13.9. The zero-order chi connectivity index (χ0) is 17.8. The molecule has 2 saturated heterocycles. The molecule has 5 nitrogen and oxygen atoms in total. The molecule has 142 valence electrons. The van der Waals surface area contributed by atoms with Crippen LogP contribution in [0, 0.1) is 5.92 Å². The quantitative estimate of drug-likeness (QED) is 0.622. The second kappa shape index (κ2) is 8.41. The Kier molecular flexibility index (Phi) is 6.24. The highest BCUT2D eigenvalue weighted by Crippen LogP contribution is 2.39. The van der Waals surface area contributed by atoms with Crippen LogP contribution in [0.3, 0.4) is 0 Å². The van der Waals surface area contributed by atoms with Crippen LogP contribution in [0.1, 0.15) is 84.5 Å². The fraction of sp³-hybridized carbons (Fsp3) is 0.900. The average Bonchev–Trinajstić information content (AvgIpc) is 2.98. The minimum atomic E-state index is -0.689. The van der Waals surface area contributed by atoms with E-state index < -0.39 is 5.97 Å². The Morgan fingerprint density at radius 1 is 1.20 bits per heavy atom. The summed E-state index contributed by atoms with van der Waals surface area (Å²) in [6.45, 7) is 4.22. The molecule has 0 aromatic carbocycles. The molecule has 2 N–H and O–H groups in total. The zero-order valence-electron chi connectivity index (χ0n) is 15.9. The van der Waals surface area contributed by atoms with E-state index in [-0.39, 0.29) is 18.0 Å². The summed E-state index contributed by atoms with van der Waals surface area (Å²) < 4.78 is 0. The monoisotopic (exact) mass is 349 g/mol. The van der Waals surface area contributed by atoms with Crippen molar-refractivity contribution in [1.82, 2.24) is 10.2 Å². The first-order chi connectivity index (χ1) is 12.1. The molecule has 0 unspecified atom stereocenters. The molecular formula is C20H35N3O2. The van der Waals surface area contributed by atoms with Crippen molar-refractivity contribution in [3.8, 4) is 0 Å². The van der Waals surface area contributed by atoms with E-state index in [1.54, 1.807) is 0 Å². The van der Waals surface area contributed by atoms with Crippen molar-refractivity contribution < 1.29 is 9.90 Å². The molecule has 0 saturated carbocycles. The maximum atomic E-state index is 11.6. The lowest BCUT2D eigenvalue weighted by atomic mass is 9.89. The number of nitrogens with zero attached hydrogens (tertiary/aromatic N) is 2. The van der Waals surface area contributed by atoms with E-state index in [0.717, 1.165) is 25.2 Å². The van der Waals surface area contributed by atoms with Gasteiger partial charge in [0.25, 0.3) is 0 Å². The van der Waals surface area contributed by atoms with Gasteiger partial charge in [-0.3, -0.25) is 4.79 Å². The van der Waals surface area contributed by atoms with Crippen LogP contribution in [0.15, 0.2) is 4.99 Å². The lowest BCUT2D eigenvalue weighted by Crippen LogP contribution is -2.62. The van der Waals surface area contributed by atoms with Gasteiger partial charge in [-0.2, -0.15) is 0 Å². The van der Waals surface area contributed by atoms with Gasteiger partial charge in [-0.25, -0.2) is 4.99 Å². The summed E-state index contributed by atoms with van der Waals surface area (Å²) in [4.78, 5) is 18.7. The van der Waals surface area contributed by atoms with Crippen LogP contribution in [-0.2, 0) is 4.79 Å². The topological polar surface area (TPSA) is 64.9 Å². The van der Waals surface area contributed by atoms with Crippen molar-refractivity contribution in [1.29, 1.82) is 0 Å². The van der Waals surface area contributed by atoms with E-state index in [2.05, 4.69) is 17.1 Å². The Morgan fingerprint density at radius 3 is 2.64 bits per heavy atom. The standard InChI is InChI=1S/C20H35N3O2/c1-3-4-5-6-7-8-9-10-15-13-16-11-12-17-18(19(24)25)14(2)21-20(22-15)23(16)17/h14-18H,3-13H2,1-2H3,(H,21,22)(H,24,25)/t14-,15+,16-,17+,18-/m1/s1. The Balaban J connectivity index is 1.50. The van der Waals surface area contributed by atoms with Gasteiger partial charge in [0.15, 0.2) is 5.96 Å². The van der Waals surface area contributed by atoms with Gasteiger partial charge in [0.05, 0.1) is 12.0 Å². The van der Waals surface area contributed by atoms with Gasteiger partial charge in [0.1, 0.15) is 0 Å². The first-order valence-electron chi connectivity index (χ1n) is 10.5. The molecule has 0 bridgehead atoms. The predicted molar refractivity (Wildman–Crippen MR) is 101 cm³/mol. The van der Waals surface area contributed by atoms with Gasteiger partial charge in [-0.05, 0) is 32.6 Å². The predicted octanol–water partition coefficient (Wildman–Crippen LogP) is 3.78. The lowest BCUT2D eigenvalue weighted by Gasteiger charge is -2.46. The van der Waals surface area contributed by atoms with E-state index in [4.69, 9.17) is 4.99 Å². The van der Waals surface area contributed by atoms with E-state index >= 15 is 0 Å². The molecule has 3 rings (SSSR count). The second-order valence-electron chi connectivity index (χ2n) is 8.25. The normalized spacial score (nSPS) is 33.6. The molecule has 3 heterocycles. The number of carbonyl (C=O) groups is 1. The smallest absolute Gasteiger partial charge is 0.310 e. The Bertz CT molecular complexity index is 493. The summed E-state index contributed by atoms with van der Waals surface area (Å²) in [5.41, 5.74) is 0. The van der Waals surface area contributed by atoms with Crippen LogP contribution in [-0.4, -0.2) is 46.1 Å². The fourth-order valence-corrected chi connectivity index (χ4v) is 5.08. The van der Waals surface area contributed by atoms with Crippen LogP contribution in [0.25, 0.3) is 0 Å². The second-order valence-corrected chi connectivity index (χ2v) is 8.25. The fourth-order valence-electron chi connectivity index (χ4n) is 5.08. The summed E-state index contributed by atoms with van der Waals surface area (Å²) in [6, 6.07) is 1.02. The third kappa shape index (κ3) is 4.12. The average molecular weight is 350 g/mol. The Labute approximate surface area is 152 Å². The van der Waals surface area contributed by atoms with Crippen LogP contribution in [0.4, 0.5) is 0 Å². The lowest BCUT2D eigenvalue weighted by molar-refractivity contribution is -0.144. The molecular weight excluding hydrogens is 314 g/mol. The van der Waals surface area contributed by atoms with Crippen LogP contribution >= 0.6 is 0 Å². The molecule has 3 aliphatic rings. The maximum absolute atomic E-state index is 11.6. The van der Waals surface area contributed by atoms with Crippen molar-refractivity contribution in [2.75, 3.05) is 0 Å². The highest BCUT2D eigenvalue weighted by molar-refractivity contribution is 5.85. The van der Waals surface area contributed by atoms with E-state index in [0.29, 0.717) is 12.1 Å². The van der Waals surface area contributed by atoms with E-state index in [1.165, 1.54) is 51.4 Å². The van der Waals surface area contributed by atoms with Gasteiger partial charge in [0.2, 0.25) is 0 Å². The number of aliphatic carboxylic acids is 1. The van der Waals surface area contributed by atoms with Gasteiger partial charge in [-0.1, -0.05) is 51.9 Å². The SMILES string of the molecule is CCCCCCCCC[C@H]1C[C@H]2CC[C@H]3[C@H](C(=O)O)[C@@H](C)N=C(N1)N23. The van der Waals surface area contributed by atoms with Crippen molar-refractivity contribution in [2.24, 2.45) is 10.9 Å². The molecule has 5 heteroatoms. The number of carboxylic acids is 1. The van der Waals surface area contributed by atoms with Crippen molar-refractivity contribution in [2.45, 2.75) is 109 Å². The number of rotatable bonds is 9. The van der Waals surface area contributed by atoms with E-state index in [9.17, 15) is 9.90 Å². The number of hydrogen-bond donors (Lipinski definition) is 2. The number of nitrogens with one attached hydrogen (secondary N) is 1. The summed E-state index contributed by atoms with van der Waals surface area (Å²) in [5.74, 6) is -0.0573. The molecule has 3 aliphatic heterocycles. The zero-order valence-corrected chi connectivity index (χ0v) is 15.9. The third-order valence-electron chi connectivity index (χ3n) is 6.38. The van der Waals surface area contributed by atoms with Gasteiger partial charge < -0.3 is 15.3 Å². The molecule has 2 fully saturated rings. The van der Waals surface area contributed by atoms with Crippen molar-refractivity contribution >= 4 is 11.9 Å². The van der Waals surface area contributed by atoms with Crippen LogP contribution in [0.5, 0.6) is 0 Å². The number of unbranched alkanes of at least 4 members (excludes halogenated alkanes) is 6. The highest BCUT2D eigenvalue weighted by Gasteiger charge is 2.50. The van der Waals surface area contributed by atoms with Gasteiger partial charge in [-0.15, -0.1) is 0 Å². The molecule has 25 heavy (non-hydrogen) atoms. The molecule has 0 aromatic heterocycles. The molecule has 0 amide bonds. The maximum Gasteiger partial charge on any atom is 0.310 e. The van der Waals surface area contributed by atoms with Crippen LogP contribution < -0.4 is 5.32 Å².